The Bertz CT molecular complexity index is 1230. The number of azo groups is 1. The molecule has 1 aliphatic heterocycles. The molecule has 0 radical (unpaired) electrons. The van der Waals surface area contributed by atoms with Gasteiger partial charge in [0.15, 0.2) is 0 Å². The second-order valence-electron chi connectivity index (χ2n) is 6.63. The molecule has 0 amide bonds. The number of benzene rings is 2. The third-order valence-corrected chi connectivity index (χ3v) is 7.53. The van der Waals surface area contributed by atoms with E-state index in [1.807, 2.05) is 0 Å². The Morgan fingerprint density at radius 3 is 2.70 bits per heavy atom. The molecule has 4 rings (SSSR count). The summed E-state index contributed by atoms with van der Waals surface area (Å²) in [7, 11) is -4.49. The normalized spacial score (nSPS) is 14.6. The molecule has 1 aliphatic rings. The van der Waals surface area contributed by atoms with Crippen LogP contribution in [-0.4, -0.2) is 36.4 Å². The number of thiazole rings is 1. The number of hydrogen-bond donors (Lipinski definition) is 1. The zero-order chi connectivity index (χ0) is 21.5. The van der Waals surface area contributed by atoms with Crippen molar-refractivity contribution < 1.29 is 13.0 Å². The quantitative estimate of drug-likeness (QED) is 0.225. The summed E-state index contributed by atoms with van der Waals surface area (Å²) in [5.74, 6) is 0. The summed E-state index contributed by atoms with van der Waals surface area (Å²) in [5, 5.41) is 10.1. The van der Waals surface area contributed by atoms with Crippen molar-refractivity contribution >= 4 is 87.3 Å². The number of anilines is 1. The van der Waals surface area contributed by atoms with Gasteiger partial charge in [0, 0.05) is 24.1 Å². The van der Waals surface area contributed by atoms with Gasteiger partial charge in [0.2, 0.25) is 5.13 Å². The van der Waals surface area contributed by atoms with Crippen molar-refractivity contribution in [3.63, 3.8) is 0 Å². The number of hydrogen-bond acceptors (Lipinski definition) is 7. The zero-order valence-electron chi connectivity index (χ0n) is 15.3. The standard InChI is InChI=1S/C18H15BrCl2N4O3S2/c19-3-5-25-4-1-2-10-6-14(17(9-15(10)25)30(26,27)28)23-24-18-22-13-7-11(20)12(21)8-16(13)29-18/h6-9H,1-5H2,(H,26,27,28). The minimum Gasteiger partial charge on any atom is -0.370 e. The molecule has 3 aromatic rings. The summed E-state index contributed by atoms with van der Waals surface area (Å²) in [6.07, 6.45) is 1.74. The molecule has 0 spiro atoms. The van der Waals surface area contributed by atoms with Crippen LogP contribution in [0, 0.1) is 0 Å². The summed E-state index contributed by atoms with van der Waals surface area (Å²) in [6, 6.07) is 6.47. The van der Waals surface area contributed by atoms with Gasteiger partial charge in [-0.1, -0.05) is 50.5 Å². The van der Waals surface area contributed by atoms with Crippen molar-refractivity contribution in [2.24, 2.45) is 10.2 Å². The lowest BCUT2D eigenvalue weighted by atomic mass is 10.0. The van der Waals surface area contributed by atoms with Crippen molar-refractivity contribution in [1.29, 1.82) is 0 Å². The van der Waals surface area contributed by atoms with E-state index < -0.39 is 10.1 Å². The first kappa shape index (κ1) is 21.9. The van der Waals surface area contributed by atoms with E-state index in [1.165, 1.54) is 17.4 Å². The molecule has 0 unspecified atom stereocenters. The molecule has 0 bridgehead atoms. The number of alkyl halides is 1. The van der Waals surface area contributed by atoms with Crippen LogP contribution in [0.25, 0.3) is 10.2 Å². The van der Waals surface area contributed by atoms with Crippen LogP contribution in [0.4, 0.5) is 16.5 Å². The second kappa shape index (κ2) is 8.68. The minimum absolute atomic E-state index is 0.0762. The van der Waals surface area contributed by atoms with Gasteiger partial charge < -0.3 is 4.90 Å². The van der Waals surface area contributed by atoms with Gasteiger partial charge in [-0.2, -0.15) is 8.42 Å². The number of aryl methyl sites for hydroxylation is 1. The van der Waals surface area contributed by atoms with Gasteiger partial charge in [0.25, 0.3) is 10.1 Å². The van der Waals surface area contributed by atoms with Crippen LogP contribution in [0.5, 0.6) is 0 Å². The highest BCUT2D eigenvalue weighted by Gasteiger charge is 2.24. The summed E-state index contributed by atoms with van der Waals surface area (Å²) in [6.45, 7) is 1.55. The number of fused-ring (bicyclic) bond motifs is 2. The van der Waals surface area contributed by atoms with Crippen molar-refractivity contribution in [2.45, 2.75) is 17.7 Å². The fourth-order valence-electron chi connectivity index (χ4n) is 3.35. The van der Waals surface area contributed by atoms with Crippen LogP contribution in [-0.2, 0) is 16.5 Å². The average molecular weight is 550 g/mol. The zero-order valence-corrected chi connectivity index (χ0v) is 20.1. The third kappa shape index (κ3) is 4.49. The summed E-state index contributed by atoms with van der Waals surface area (Å²) in [5.41, 5.74) is 2.45. The molecule has 2 heterocycles. The number of nitrogens with zero attached hydrogens (tertiary/aromatic N) is 4. The molecule has 0 atom stereocenters. The number of aromatic nitrogens is 1. The molecule has 0 saturated heterocycles. The van der Waals surface area contributed by atoms with E-state index >= 15 is 0 Å². The fraction of sp³-hybridized carbons (Fsp3) is 0.278. The Hall–Kier alpha value is -1.30. The highest BCUT2D eigenvalue weighted by molar-refractivity contribution is 9.09. The monoisotopic (exact) mass is 548 g/mol. The molecular weight excluding hydrogens is 535 g/mol. The Labute approximate surface area is 195 Å². The van der Waals surface area contributed by atoms with Gasteiger partial charge in [0.1, 0.15) is 10.6 Å². The minimum atomic E-state index is -4.49. The van der Waals surface area contributed by atoms with Crippen LogP contribution in [0.3, 0.4) is 0 Å². The number of halogens is 3. The van der Waals surface area contributed by atoms with Crippen molar-refractivity contribution in [3.8, 4) is 0 Å². The topological polar surface area (TPSA) is 95.2 Å². The molecule has 0 aliphatic carbocycles. The second-order valence-corrected chi connectivity index (χ2v) is 10.6. The van der Waals surface area contributed by atoms with Gasteiger partial charge in [-0.15, -0.1) is 10.2 Å². The lowest BCUT2D eigenvalue weighted by molar-refractivity contribution is 0.483. The summed E-state index contributed by atoms with van der Waals surface area (Å²) < 4.78 is 34.6. The molecule has 1 N–H and O–H groups in total. The highest BCUT2D eigenvalue weighted by Crippen LogP contribution is 2.38. The van der Waals surface area contributed by atoms with Crippen LogP contribution in [0.15, 0.2) is 39.4 Å². The molecule has 1 aromatic heterocycles. The SMILES string of the molecule is O=S(=O)(O)c1cc2c(cc1N=Nc1nc3cc(Cl)c(Cl)cc3s1)CCCN2CCBr. The Balaban J connectivity index is 1.76. The van der Waals surface area contributed by atoms with E-state index in [2.05, 4.69) is 36.0 Å². The molecule has 12 heteroatoms. The van der Waals surface area contributed by atoms with Gasteiger partial charge in [-0.05, 0) is 42.7 Å². The van der Waals surface area contributed by atoms with E-state index in [1.54, 1.807) is 18.2 Å². The maximum Gasteiger partial charge on any atom is 0.296 e. The van der Waals surface area contributed by atoms with Crippen molar-refractivity contribution in [2.75, 3.05) is 23.3 Å². The first-order valence-electron chi connectivity index (χ1n) is 8.89. The van der Waals surface area contributed by atoms with Crippen LogP contribution >= 0.6 is 50.5 Å². The highest BCUT2D eigenvalue weighted by atomic mass is 79.9. The maximum atomic E-state index is 12.0. The lowest BCUT2D eigenvalue weighted by Gasteiger charge is -2.31. The van der Waals surface area contributed by atoms with Crippen LogP contribution in [0.1, 0.15) is 12.0 Å². The van der Waals surface area contributed by atoms with Gasteiger partial charge in [-0.25, -0.2) is 4.98 Å². The Kier molecular flexibility index (Phi) is 6.34. The van der Waals surface area contributed by atoms with Gasteiger partial charge in [0.05, 0.1) is 20.3 Å². The molecule has 0 saturated carbocycles. The smallest absolute Gasteiger partial charge is 0.296 e. The molecular formula is C18H15BrCl2N4O3S2. The van der Waals surface area contributed by atoms with Crippen LogP contribution in [0.2, 0.25) is 10.0 Å². The van der Waals surface area contributed by atoms with E-state index in [4.69, 9.17) is 23.2 Å². The van der Waals surface area contributed by atoms with E-state index in [9.17, 15) is 13.0 Å². The van der Waals surface area contributed by atoms with Gasteiger partial charge >= 0.3 is 0 Å². The predicted octanol–water partition coefficient (Wildman–Crippen LogP) is 6.41. The first-order valence-corrected chi connectivity index (χ1v) is 13.0. The largest absolute Gasteiger partial charge is 0.370 e. The third-order valence-electron chi connectivity index (χ3n) is 4.67. The van der Waals surface area contributed by atoms with Crippen LogP contribution < -0.4 is 4.90 Å². The Morgan fingerprint density at radius 2 is 1.97 bits per heavy atom. The first-order chi connectivity index (χ1) is 14.3. The summed E-state index contributed by atoms with van der Waals surface area (Å²) >= 11 is 16.7. The number of rotatable bonds is 5. The van der Waals surface area contributed by atoms with Crippen molar-refractivity contribution in [1.82, 2.24) is 4.98 Å². The predicted molar refractivity (Wildman–Crippen MR) is 124 cm³/mol. The average Bonchev–Trinajstić information content (AvgIpc) is 3.07. The van der Waals surface area contributed by atoms with E-state index in [0.717, 1.165) is 47.2 Å². The molecule has 0 fully saturated rings. The summed E-state index contributed by atoms with van der Waals surface area (Å²) in [4.78, 5) is 6.14. The maximum absolute atomic E-state index is 12.0. The Morgan fingerprint density at radius 1 is 1.20 bits per heavy atom. The molecule has 158 valence electrons. The van der Waals surface area contributed by atoms with Crippen molar-refractivity contribution in [3.05, 3.63) is 39.9 Å². The fourth-order valence-corrected chi connectivity index (χ4v) is 5.59. The van der Waals surface area contributed by atoms with E-state index in [-0.39, 0.29) is 10.6 Å². The molecule has 7 nitrogen and oxygen atoms in total. The molecule has 2 aromatic carbocycles. The van der Waals surface area contributed by atoms with E-state index in [0.29, 0.717) is 20.7 Å². The van der Waals surface area contributed by atoms with Gasteiger partial charge in [-0.3, -0.25) is 4.55 Å². The molecule has 30 heavy (non-hydrogen) atoms. The lowest BCUT2D eigenvalue weighted by Crippen LogP contribution is -2.31.